The van der Waals surface area contributed by atoms with Crippen LogP contribution >= 0.6 is 0 Å². The minimum atomic E-state index is -0.307. The Balaban J connectivity index is 4.06. The Morgan fingerprint density at radius 1 is 1.00 bits per heavy atom. The molecule has 1 unspecified atom stereocenters. The van der Waals surface area contributed by atoms with Gasteiger partial charge in [0.15, 0.2) is 0 Å². The number of unbranched alkanes of at least 4 members (excludes halogenated alkanes) is 3. The lowest BCUT2D eigenvalue weighted by Gasteiger charge is -2.19. The summed E-state index contributed by atoms with van der Waals surface area (Å²) in [6, 6.07) is 0. The highest BCUT2D eigenvalue weighted by atomic mass is 16.2. The summed E-state index contributed by atoms with van der Waals surface area (Å²) in [6.45, 7) is 9.07. The van der Waals surface area contributed by atoms with Gasteiger partial charge in [-0.25, -0.2) is 0 Å². The van der Waals surface area contributed by atoms with Crippen molar-refractivity contribution in [2.24, 2.45) is 5.92 Å². The summed E-state index contributed by atoms with van der Waals surface area (Å²) in [4.78, 5) is 25.3. The molecule has 0 saturated heterocycles. The van der Waals surface area contributed by atoms with Crippen LogP contribution in [0, 0.1) is 5.92 Å². The van der Waals surface area contributed by atoms with E-state index in [1.54, 1.807) is 4.90 Å². The van der Waals surface area contributed by atoms with Gasteiger partial charge in [0.25, 0.3) is 5.91 Å². The number of hydrogen-bond acceptors (Lipinski definition) is 2. The molecule has 0 aromatic heterocycles. The predicted octanol–water partition coefficient (Wildman–Crippen LogP) is 3.03. The molecule has 3 heteroatoms. The minimum absolute atomic E-state index is 0.125. The van der Waals surface area contributed by atoms with Crippen LogP contribution < -0.4 is 0 Å². The summed E-state index contributed by atoms with van der Waals surface area (Å²) in [6.07, 6.45) is 5.46. The van der Waals surface area contributed by atoms with Crippen molar-refractivity contribution in [1.82, 2.24) is 4.90 Å². The SMILES string of the molecule is CCCCCCC(C)C(=O)C(=O)N(CC)CC. The zero-order valence-corrected chi connectivity index (χ0v) is 11.8. The van der Waals surface area contributed by atoms with E-state index in [2.05, 4.69) is 6.92 Å². The van der Waals surface area contributed by atoms with Crippen LogP contribution in [0.15, 0.2) is 0 Å². The molecule has 17 heavy (non-hydrogen) atoms. The van der Waals surface area contributed by atoms with Gasteiger partial charge < -0.3 is 4.90 Å². The van der Waals surface area contributed by atoms with Gasteiger partial charge >= 0.3 is 0 Å². The third kappa shape index (κ3) is 5.85. The van der Waals surface area contributed by atoms with Crippen molar-refractivity contribution in [1.29, 1.82) is 0 Å². The van der Waals surface area contributed by atoms with Crippen LogP contribution in [0.2, 0.25) is 0 Å². The highest BCUT2D eigenvalue weighted by Gasteiger charge is 2.24. The van der Waals surface area contributed by atoms with Crippen LogP contribution in [0.25, 0.3) is 0 Å². The number of rotatable bonds is 9. The lowest BCUT2D eigenvalue weighted by atomic mass is 9.97. The molecule has 0 heterocycles. The van der Waals surface area contributed by atoms with Gasteiger partial charge in [-0.3, -0.25) is 9.59 Å². The number of likely N-dealkylation sites (N-methyl/N-ethyl adjacent to an activating group) is 1. The molecule has 0 fully saturated rings. The van der Waals surface area contributed by atoms with Gasteiger partial charge in [-0.2, -0.15) is 0 Å². The number of amides is 1. The summed E-state index contributed by atoms with van der Waals surface area (Å²) >= 11 is 0. The lowest BCUT2D eigenvalue weighted by Crippen LogP contribution is -2.38. The van der Waals surface area contributed by atoms with E-state index >= 15 is 0 Å². The van der Waals surface area contributed by atoms with Crippen molar-refractivity contribution in [3.63, 3.8) is 0 Å². The Bertz CT molecular complexity index is 234. The van der Waals surface area contributed by atoms with Gasteiger partial charge in [-0.15, -0.1) is 0 Å². The van der Waals surface area contributed by atoms with Gasteiger partial charge in [0.2, 0.25) is 5.78 Å². The molecule has 0 aromatic carbocycles. The molecule has 0 aromatic rings. The van der Waals surface area contributed by atoms with Crippen molar-refractivity contribution in [2.75, 3.05) is 13.1 Å². The Kier molecular flexibility index (Phi) is 8.73. The molecule has 1 amide bonds. The first-order valence-corrected chi connectivity index (χ1v) is 6.91. The van der Waals surface area contributed by atoms with Gasteiger partial charge in [0, 0.05) is 19.0 Å². The fraction of sp³-hybridized carbons (Fsp3) is 0.857. The second-order valence-electron chi connectivity index (χ2n) is 4.59. The molecule has 0 bridgehead atoms. The number of carbonyl (C=O) groups is 2. The van der Waals surface area contributed by atoms with E-state index < -0.39 is 0 Å². The standard InChI is InChI=1S/C14H27NO2/c1-5-8-9-10-11-12(4)13(16)14(17)15(6-2)7-3/h12H,5-11H2,1-4H3. The van der Waals surface area contributed by atoms with E-state index in [1.165, 1.54) is 12.8 Å². The first-order chi connectivity index (χ1) is 8.08. The second kappa shape index (κ2) is 9.20. The van der Waals surface area contributed by atoms with E-state index in [0.717, 1.165) is 19.3 Å². The predicted molar refractivity (Wildman–Crippen MR) is 70.9 cm³/mol. The maximum absolute atomic E-state index is 11.9. The number of ketones is 1. The molecule has 1 atom stereocenters. The third-order valence-electron chi connectivity index (χ3n) is 3.20. The van der Waals surface area contributed by atoms with E-state index in [4.69, 9.17) is 0 Å². The Morgan fingerprint density at radius 2 is 1.59 bits per heavy atom. The maximum atomic E-state index is 11.9. The monoisotopic (exact) mass is 241 g/mol. The van der Waals surface area contributed by atoms with Gasteiger partial charge in [-0.05, 0) is 20.3 Å². The lowest BCUT2D eigenvalue weighted by molar-refractivity contribution is -0.146. The molecule has 0 N–H and O–H groups in total. The van der Waals surface area contributed by atoms with Crippen molar-refractivity contribution < 1.29 is 9.59 Å². The molecule has 0 aliphatic carbocycles. The van der Waals surface area contributed by atoms with E-state index in [0.29, 0.717) is 13.1 Å². The van der Waals surface area contributed by atoms with Crippen LogP contribution in [0.4, 0.5) is 0 Å². The van der Waals surface area contributed by atoms with Crippen LogP contribution in [-0.2, 0) is 9.59 Å². The molecule has 3 nitrogen and oxygen atoms in total. The molecule has 0 aliphatic heterocycles. The van der Waals surface area contributed by atoms with Crippen molar-refractivity contribution >= 4 is 11.7 Å². The molecule has 0 saturated carbocycles. The molecule has 0 radical (unpaired) electrons. The summed E-state index contributed by atoms with van der Waals surface area (Å²) in [5, 5.41) is 0. The van der Waals surface area contributed by atoms with Crippen molar-refractivity contribution in [3.05, 3.63) is 0 Å². The minimum Gasteiger partial charge on any atom is -0.337 e. The van der Waals surface area contributed by atoms with Crippen LogP contribution in [-0.4, -0.2) is 29.7 Å². The summed E-state index contributed by atoms with van der Waals surface area (Å²) in [5.41, 5.74) is 0. The molecular weight excluding hydrogens is 214 g/mol. The summed E-state index contributed by atoms with van der Waals surface area (Å²) in [7, 11) is 0. The molecule has 0 aliphatic rings. The maximum Gasteiger partial charge on any atom is 0.290 e. The normalized spacial score (nSPS) is 12.2. The first kappa shape index (κ1) is 16.1. The molecule has 0 spiro atoms. The van der Waals surface area contributed by atoms with Gasteiger partial charge in [-0.1, -0.05) is 39.5 Å². The van der Waals surface area contributed by atoms with E-state index in [1.807, 2.05) is 20.8 Å². The van der Waals surface area contributed by atoms with Gasteiger partial charge in [0.05, 0.1) is 0 Å². The average Bonchev–Trinajstić information content (AvgIpc) is 2.34. The van der Waals surface area contributed by atoms with E-state index in [-0.39, 0.29) is 17.6 Å². The quantitative estimate of drug-likeness (QED) is 0.459. The number of carbonyl (C=O) groups excluding carboxylic acids is 2. The zero-order chi connectivity index (χ0) is 13.3. The summed E-state index contributed by atoms with van der Waals surface area (Å²) < 4.78 is 0. The van der Waals surface area contributed by atoms with Crippen molar-refractivity contribution in [3.8, 4) is 0 Å². The highest BCUT2D eigenvalue weighted by molar-refractivity contribution is 6.36. The van der Waals surface area contributed by atoms with Crippen molar-refractivity contribution in [2.45, 2.75) is 59.8 Å². The molecule has 0 rings (SSSR count). The largest absolute Gasteiger partial charge is 0.337 e. The molecule has 100 valence electrons. The summed E-state index contributed by atoms with van der Waals surface area (Å²) in [5.74, 6) is -0.650. The average molecular weight is 241 g/mol. The fourth-order valence-corrected chi connectivity index (χ4v) is 1.89. The van der Waals surface area contributed by atoms with Crippen LogP contribution in [0.5, 0.6) is 0 Å². The first-order valence-electron chi connectivity index (χ1n) is 6.91. The second-order valence-corrected chi connectivity index (χ2v) is 4.59. The number of nitrogens with zero attached hydrogens (tertiary/aromatic N) is 1. The highest BCUT2D eigenvalue weighted by Crippen LogP contribution is 2.12. The molecular formula is C14H27NO2. The smallest absolute Gasteiger partial charge is 0.290 e. The fourth-order valence-electron chi connectivity index (χ4n) is 1.89. The number of Topliss-reactive ketones (excluding diaryl/α,β-unsaturated/α-hetero) is 1. The Morgan fingerprint density at radius 3 is 2.06 bits per heavy atom. The van der Waals surface area contributed by atoms with E-state index in [9.17, 15) is 9.59 Å². The Hall–Kier alpha value is -0.860. The Labute approximate surface area is 106 Å². The van der Waals surface area contributed by atoms with Gasteiger partial charge in [0.1, 0.15) is 0 Å². The number of hydrogen-bond donors (Lipinski definition) is 0. The van der Waals surface area contributed by atoms with Crippen LogP contribution in [0.1, 0.15) is 59.8 Å². The topological polar surface area (TPSA) is 37.4 Å². The third-order valence-corrected chi connectivity index (χ3v) is 3.20. The van der Waals surface area contributed by atoms with Crippen LogP contribution in [0.3, 0.4) is 0 Å². The zero-order valence-electron chi connectivity index (χ0n) is 11.8.